The summed E-state index contributed by atoms with van der Waals surface area (Å²) in [7, 11) is 0. The Hall–Kier alpha value is -1.04. The number of aromatic nitrogens is 3. The van der Waals surface area contributed by atoms with E-state index in [9.17, 15) is 4.79 Å². The molecule has 0 bridgehead atoms. The molecule has 0 aliphatic rings. The van der Waals surface area contributed by atoms with Crippen LogP contribution in [0.3, 0.4) is 0 Å². The molecule has 1 amide bonds. The number of thioether (sulfide) groups is 1. The Morgan fingerprint density at radius 3 is 2.94 bits per heavy atom. The number of carbonyl (C=O) groups excluding carboxylic acids is 1. The van der Waals surface area contributed by atoms with E-state index in [4.69, 9.17) is 0 Å². The second-order valence-corrected chi connectivity index (χ2v) is 4.75. The lowest BCUT2D eigenvalue weighted by molar-refractivity contribution is -0.118. The van der Waals surface area contributed by atoms with Crippen LogP contribution in [0.15, 0.2) is 5.16 Å². The second-order valence-electron chi connectivity index (χ2n) is 3.81. The lowest BCUT2D eigenvalue weighted by Gasteiger charge is -2.01. The molecular formula is C11H20N4OS. The predicted molar refractivity (Wildman–Crippen MR) is 69.0 cm³/mol. The van der Waals surface area contributed by atoms with Gasteiger partial charge in [0.15, 0.2) is 0 Å². The summed E-state index contributed by atoms with van der Waals surface area (Å²) in [6, 6.07) is 0. The van der Waals surface area contributed by atoms with Crippen LogP contribution in [0.5, 0.6) is 0 Å². The van der Waals surface area contributed by atoms with E-state index in [1.54, 1.807) is 0 Å². The van der Waals surface area contributed by atoms with Crippen molar-refractivity contribution in [2.75, 3.05) is 12.3 Å². The molecular weight excluding hydrogens is 236 g/mol. The van der Waals surface area contributed by atoms with Gasteiger partial charge >= 0.3 is 0 Å². The third-order valence-electron chi connectivity index (χ3n) is 2.18. The highest BCUT2D eigenvalue weighted by Gasteiger charge is 2.06. The Labute approximate surface area is 106 Å². The molecule has 2 N–H and O–H groups in total. The molecule has 0 radical (unpaired) electrons. The number of nitrogens with one attached hydrogen (secondary N) is 2. The number of amides is 1. The maximum Gasteiger partial charge on any atom is 0.230 e. The van der Waals surface area contributed by atoms with Crippen molar-refractivity contribution < 1.29 is 4.79 Å². The SMILES string of the molecule is CCCCNC(=O)CSc1n[nH]c(CCC)n1. The molecule has 1 aromatic rings. The minimum atomic E-state index is 0.0466. The van der Waals surface area contributed by atoms with Gasteiger partial charge in [0.25, 0.3) is 0 Å². The molecule has 0 aromatic carbocycles. The van der Waals surface area contributed by atoms with Gasteiger partial charge in [0, 0.05) is 13.0 Å². The van der Waals surface area contributed by atoms with Crippen LogP contribution in [0, 0.1) is 0 Å². The quantitative estimate of drug-likeness (QED) is 0.549. The van der Waals surface area contributed by atoms with Gasteiger partial charge < -0.3 is 5.32 Å². The van der Waals surface area contributed by atoms with Gasteiger partial charge in [0.1, 0.15) is 5.82 Å². The average Bonchev–Trinajstić information content (AvgIpc) is 2.75. The Morgan fingerprint density at radius 2 is 2.24 bits per heavy atom. The molecule has 6 heteroatoms. The lowest BCUT2D eigenvalue weighted by atomic mass is 10.3. The number of carbonyl (C=O) groups is 1. The van der Waals surface area contributed by atoms with Gasteiger partial charge in [-0.25, -0.2) is 4.98 Å². The highest BCUT2D eigenvalue weighted by molar-refractivity contribution is 7.99. The monoisotopic (exact) mass is 256 g/mol. The van der Waals surface area contributed by atoms with Gasteiger partial charge in [0.05, 0.1) is 5.75 Å². The van der Waals surface area contributed by atoms with E-state index in [0.29, 0.717) is 10.9 Å². The Bertz CT molecular complexity index is 340. The molecule has 0 fully saturated rings. The molecule has 0 saturated carbocycles. The minimum absolute atomic E-state index is 0.0466. The van der Waals surface area contributed by atoms with Crippen molar-refractivity contribution in [3.63, 3.8) is 0 Å². The fourth-order valence-corrected chi connectivity index (χ4v) is 1.92. The standard InChI is InChI=1S/C11H20N4OS/c1-3-5-7-12-10(16)8-17-11-13-9(6-4-2)14-15-11/h3-8H2,1-2H3,(H,12,16)(H,13,14,15). The molecule has 0 saturated heterocycles. The first kappa shape index (κ1) is 14.0. The van der Waals surface area contributed by atoms with Crippen LogP contribution in [0.4, 0.5) is 0 Å². The number of nitrogens with zero attached hydrogens (tertiary/aromatic N) is 2. The predicted octanol–water partition coefficient (Wildman–Crippen LogP) is 1.77. The first-order valence-electron chi connectivity index (χ1n) is 6.07. The van der Waals surface area contributed by atoms with Crippen molar-refractivity contribution in [2.24, 2.45) is 0 Å². The van der Waals surface area contributed by atoms with E-state index >= 15 is 0 Å². The normalized spacial score (nSPS) is 10.5. The number of unbranched alkanes of at least 4 members (excludes halogenated alkanes) is 1. The van der Waals surface area contributed by atoms with E-state index in [-0.39, 0.29) is 5.91 Å². The molecule has 1 rings (SSSR count). The molecule has 5 nitrogen and oxygen atoms in total. The van der Waals surface area contributed by atoms with E-state index in [1.807, 2.05) is 0 Å². The Balaban J connectivity index is 2.22. The summed E-state index contributed by atoms with van der Waals surface area (Å²) in [5, 5.41) is 10.4. The number of aryl methyl sites for hydroxylation is 1. The van der Waals surface area contributed by atoms with Crippen molar-refractivity contribution in [1.82, 2.24) is 20.5 Å². The molecule has 0 unspecified atom stereocenters. The Kier molecular flexibility index (Phi) is 6.69. The molecule has 96 valence electrons. The summed E-state index contributed by atoms with van der Waals surface area (Å²) in [6.07, 6.45) is 4.06. The number of hydrogen-bond acceptors (Lipinski definition) is 4. The highest BCUT2D eigenvalue weighted by atomic mass is 32.2. The summed E-state index contributed by atoms with van der Waals surface area (Å²) in [6.45, 7) is 4.95. The van der Waals surface area contributed by atoms with Crippen LogP contribution in [0.2, 0.25) is 0 Å². The summed E-state index contributed by atoms with van der Waals surface area (Å²) in [5.74, 6) is 1.32. The Morgan fingerprint density at radius 1 is 1.41 bits per heavy atom. The number of H-pyrrole nitrogens is 1. The fraction of sp³-hybridized carbons (Fsp3) is 0.727. The van der Waals surface area contributed by atoms with Gasteiger partial charge in [-0.1, -0.05) is 32.0 Å². The van der Waals surface area contributed by atoms with E-state index in [0.717, 1.165) is 38.1 Å². The van der Waals surface area contributed by atoms with Crippen LogP contribution < -0.4 is 5.32 Å². The summed E-state index contributed by atoms with van der Waals surface area (Å²) >= 11 is 1.37. The van der Waals surface area contributed by atoms with Gasteiger partial charge in [-0.15, -0.1) is 5.10 Å². The van der Waals surface area contributed by atoms with Crippen molar-refractivity contribution in [1.29, 1.82) is 0 Å². The van der Waals surface area contributed by atoms with Crippen molar-refractivity contribution in [3.8, 4) is 0 Å². The summed E-state index contributed by atoms with van der Waals surface area (Å²) < 4.78 is 0. The molecule has 1 aromatic heterocycles. The largest absolute Gasteiger partial charge is 0.355 e. The maximum atomic E-state index is 11.4. The zero-order valence-corrected chi connectivity index (χ0v) is 11.3. The first-order chi connectivity index (χ1) is 8.26. The van der Waals surface area contributed by atoms with Crippen LogP contribution in [0.1, 0.15) is 38.9 Å². The van der Waals surface area contributed by atoms with Crippen molar-refractivity contribution >= 4 is 17.7 Å². The smallest absolute Gasteiger partial charge is 0.230 e. The van der Waals surface area contributed by atoms with E-state index < -0.39 is 0 Å². The van der Waals surface area contributed by atoms with Crippen LogP contribution in [0.25, 0.3) is 0 Å². The zero-order chi connectivity index (χ0) is 12.5. The molecule has 1 heterocycles. The van der Waals surface area contributed by atoms with Crippen LogP contribution in [-0.4, -0.2) is 33.4 Å². The number of hydrogen-bond donors (Lipinski definition) is 2. The number of rotatable bonds is 8. The lowest BCUT2D eigenvalue weighted by Crippen LogP contribution is -2.26. The second kappa shape index (κ2) is 8.11. The van der Waals surface area contributed by atoms with Gasteiger partial charge in [-0.05, 0) is 12.8 Å². The molecule has 17 heavy (non-hydrogen) atoms. The van der Waals surface area contributed by atoms with E-state index in [1.165, 1.54) is 11.8 Å². The van der Waals surface area contributed by atoms with Crippen molar-refractivity contribution in [2.45, 2.75) is 44.7 Å². The molecule has 0 aliphatic heterocycles. The first-order valence-corrected chi connectivity index (χ1v) is 7.05. The third-order valence-corrected chi connectivity index (χ3v) is 3.03. The topological polar surface area (TPSA) is 70.7 Å². The van der Waals surface area contributed by atoms with E-state index in [2.05, 4.69) is 34.3 Å². The van der Waals surface area contributed by atoms with Gasteiger partial charge in [-0.3, -0.25) is 9.89 Å². The molecule has 0 aliphatic carbocycles. The zero-order valence-electron chi connectivity index (χ0n) is 10.5. The van der Waals surface area contributed by atoms with Crippen molar-refractivity contribution in [3.05, 3.63) is 5.82 Å². The summed E-state index contributed by atoms with van der Waals surface area (Å²) in [5.41, 5.74) is 0. The third kappa shape index (κ3) is 5.72. The molecule has 0 spiro atoms. The number of aromatic amines is 1. The minimum Gasteiger partial charge on any atom is -0.355 e. The fourth-order valence-electron chi connectivity index (χ4n) is 1.28. The van der Waals surface area contributed by atoms with Gasteiger partial charge in [0.2, 0.25) is 11.1 Å². The summed E-state index contributed by atoms with van der Waals surface area (Å²) in [4.78, 5) is 15.7. The van der Waals surface area contributed by atoms with Gasteiger partial charge in [-0.2, -0.15) is 0 Å². The molecule has 0 atom stereocenters. The highest BCUT2D eigenvalue weighted by Crippen LogP contribution is 2.12. The van der Waals surface area contributed by atoms with Crippen LogP contribution in [-0.2, 0) is 11.2 Å². The average molecular weight is 256 g/mol. The van der Waals surface area contributed by atoms with Crippen LogP contribution >= 0.6 is 11.8 Å². The maximum absolute atomic E-state index is 11.4.